The van der Waals surface area contributed by atoms with E-state index in [4.69, 9.17) is 14.7 Å². The van der Waals surface area contributed by atoms with Crippen LogP contribution >= 0.6 is 0 Å². The molecule has 0 fully saturated rings. The number of nitrogens with one attached hydrogen (secondary N) is 1. The molecular weight excluding hydrogens is 484 g/mol. The van der Waals surface area contributed by atoms with Gasteiger partial charge in [-0.05, 0) is 53.9 Å². The molecule has 1 N–H and O–H groups in total. The van der Waals surface area contributed by atoms with Crippen LogP contribution in [0.1, 0.15) is 17.5 Å². The fraction of sp³-hybridized carbons (Fsp3) is 0.182. The molecule has 0 aliphatic carbocycles. The second-order valence-electron chi connectivity index (χ2n) is 9.35. The first-order chi connectivity index (χ1) is 19.2. The van der Waals surface area contributed by atoms with E-state index < -0.39 is 0 Å². The average molecular weight is 517 g/mol. The highest BCUT2D eigenvalue weighted by Crippen LogP contribution is 2.29. The smallest absolute Gasteiger partial charge is 0.222 e. The van der Waals surface area contributed by atoms with Crippen LogP contribution in [0.25, 0.3) is 22.3 Å². The molecule has 0 atom stereocenters. The van der Waals surface area contributed by atoms with Crippen molar-refractivity contribution in [1.82, 2.24) is 15.3 Å². The van der Waals surface area contributed by atoms with Crippen LogP contribution in [0.15, 0.2) is 109 Å². The Morgan fingerprint density at radius 2 is 1.44 bits per heavy atom. The molecule has 0 spiro atoms. The van der Waals surface area contributed by atoms with Crippen LogP contribution in [0.3, 0.4) is 0 Å². The molecule has 1 heterocycles. The lowest BCUT2D eigenvalue weighted by atomic mass is 10.1. The number of carbonyl (C=O) groups is 1. The van der Waals surface area contributed by atoms with E-state index in [-0.39, 0.29) is 5.91 Å². The SMILES string of the molecule is COc1ccc(-c2nc(N(CCC(=O)NCc3ccccc3)CCc3ccccc3)c3ccccc3n2)cc1. The topological polar surface area (TPSA) is 67.3 Å². The molecule has 39 heavy (non-hydrogen) atoms. The van der Waals surface area contributed by atoms with Gasteiger partial charge in [0.05, 0.1) is 12.6 Å². The van der Waals surface area contributed by atoms with E-state index in [1.165, 1.54) is 5.56 Å². The largest absolute Gasteiger partial charge is 0.497 e. The van der Waals surface area contributed by atoms with E-state index in [2.05, 4.69) is 34.5 Å². The van der Waals surface area contributed by atoms with E-state index in [1.54, 1.807) is 7.11 Å². The molecule has 0 aliphatic rings. The van der Waals surface area contributed by atoms with Crippen molar-refractivity contribution in [2.75, 3.05) is 25.1 Å². The van der Waals surface area contributed by atoms with Gasteiger partial charge >= 0.3 is 0 Å². The molecule has 4 aromatic carbocycles. The molecule has 0 radical (unpaired) electrons. The van der Waals surface area contributed by atoms with Gasteiger partial charge in [-0.25, -0.2) is 9.97 Å². The van der Waals surface area contributed by atoms with Gasteiger partial charge in [0.2, 0.25) is 5.91 Å². The lowest BCUT2D eigenvalue weighted by Crippen LogP contribution is -2.33. The summed E-state index contributed by atoms with van der Waals surface area (Å²) >= 11 is 0. The Hall–Kier alpha value is -4.71. The maximum absolute atomic E-state index is 12.9. The van der Waals surface area contributed by atoms with Crippen LogP contribution in [-0.4, -0.2) is 36.1 Å². The first-order valence-electron chi connectivity index (χ1n) is 13.2. The number of fused-ring (bicyclic) bond motifs is 1. The van der Waals surface area contributed by atoms with Crippen LogP contribution in [0.5, 0.6) is 5.75 Å². The predicted octanol–water partition coefficient (Wildman–Crippen LogP) is 6.06. The summed E-state index contributed by atoms with van der Waals surface area (Å²) in [6, 6.07) is 36.2. The molecule has 0 saturated heterocycles. The average Bonchev–Trinajstić information content (AvgIpc) is 3.00. The van der Waals surface area contributed by atoms with Gasteiger partial charge in [0.1, 0.15) is 11.6 Å². The lowest BCUT2D eigenvalue weighted by molar-refractivity contribution is -0.121. The van der Waals surface area contributed by atoms with Crippen molar-refractivity contribution < 1.29 is 9.53 Å². The molecule has 5 rings (SSSR count). The monoisotopic (exact) mass is 516 g/mol. The summed E-state index contributed by atoms with van der Waals surface area (Å²) in [4.78, 5) is 25.0. The number of nitrogens with zero attached hydrogens (tertiary/aromatic N) is 3. The Morgan fingerprint density at radius 3 is 2.15 bits per heavy atom. The van der Waals surface area contributed by atoms with E-state index in [0.717, 1.165) is 46.6 Å². The Balaban J connectivity index is 1.43. The Bertz CT molecular complexity index is 1510. The normalized spacial score (nSPS) is 10.8. The molecule has 1 aromatic heterocycles. The molecule has 6 heteroatoms. The van der Waals surface area contributed by atoms with Crippen molar-refractivity contribution >= 4 is 22.6 Å². The van der Waals surface area contributed by atoms with Crippen LogP contribution in [0.4, 0.5) is 5.82 Å². The van der Waals surface area contributed by atoms with Gasteiger partial charge < -0.3 is 15.0 Å². The van der Waals surface area contributed by atoms with Gasteiger partial charge in [-0.1, -0.05) is 72.8 Å². The van der Waals surface area contributed by atoms with Crippen molar-refractivity contribution in [1.29, 1.82) is 0 Å². The van der Waals surface area contributed by atoms with Crippen molar-refractivity contribution in [3.8, 4) is 17.1 Å². The molecule has 1 amide bonds. The minimum Gasteiger partial charge on any atom is -0.497 e. The summed E-state index contributed by atoms with van der Waals surface area (Å²) in [5.74, 6) is 2.27. The van der Waals surface area contributed by atoms with Crippen molar-refractivity contribution in [3.05, 3.63) is 120 Å². The number of hydrogen-bond donors (Lipinski definition) is 1. The van der Waals surface area contributed by atoms with Gasteiger partial charge in [0.15, 0.2) is 5.82 Å². The third-order valence-corrected chi connectivity index (χ3v) is 6.69. The zero-order valence-electron chi connectivity index (χ0n) is 22.1. The van der Waals surface area contributed by atoms with E-state index in [9.17, 15) is 4.79 Å². The molecule has 6 nitrogen and oxygen atoms in total. The molecule has 0 bridgehead atoms. The molecule has 0 saturated carbocycles. The summed E-state index contributed by atoms with van der Waals surface area (Å²) in [7, 11) is 1.65. The second kappa shape index (κ2) is 12.7. The van der Waals surface area contributed by atoms with Crippen LogP contribution in [-0.2, 0) is 17.8 Å². The van der Waals surface area contributed by atoms with Gasteiger partial charge in [0.25, 0.3) is 0 Å². The number of rotatable bonds is 11. The second-order valence-corrected chi connectivity index (χ2v) is 9.35. The molecule has 0 unspecified atom stereocenters. The van der Waals surface area contributed by atoms with E-state index >= 15 is 0 Å². The highest BCUT2D eigenvalue weighted by molar-refractivity contribution is 5.91. The van der Waals surface area contributed by atoms with Crippen LogP contribution in [0, 0.1) is 0 Å². The number of carbonyl (C=O) groups excluding carboxylic acids is 1. The highest BCUT2D eigenvalue weighted by atomic mass is 16.5. The molecule has 196 valence electrons. The van der Waals surface area contributed by atoms with Crippen molar-refractivity contribution in [2.24, 2.45) is 0 Å². The predicted molar refractivity (Wildman–Crippen MR) is 157 cm³/mol. The maximum Gasteiger partial charge on any atom is 0.222 e. The number of anilines is 1. The standard InChI is InChI=1S/C33H32N4O2/c1-39-28-18-16-27(17-19-28)32-35-30-15-9-8-14-29(30)33(36-32)37(22-20-25-10-4-2-5-11-25)23-21-31(38)34-24-26-12-6-3-7-13-26/h2-19H,20-24H2,1H3,(H,34,38). The first-order valence-corrected chi connectivity index (χ1v) is 13.2. The Labute approximate surface area is 229 Å². The number of para-hydroxylation sites is 1. The number of benzene rings is 4. The van der Waals surface area contributed by atoms with E-state index in [0.29, 0.717) is 25.3 Å². The van der Waals surface area contributed by atoms with Gasteiger partial charge in [-0.3, -0.25) is 4.79 Å². The summed E-state index contributed by atoms with van der Waals surface area (Å²) in [5, 5.41) is 4.02. The summed E-state index contributed by atoms with van der Waals surface area (Å²) < 4.78 is 5.33. The summed E-state index contributed by atoms with van der Waals surface area (Å²) in [6.07, 6.45) is 1.19. The Morgan fingerprint density at radius 1 is 0.769 bits per heavy atom. The molecule has 0 aliphatic heterocycles. The fourth-order valence-electron chi connectivity index (χ4n) is 4.52. The zero-order chi connectivity index (χ0) is 26.9. The zero-order valence-corrected chi connectivity index (χ0v) is 22.1. The first kappa shape index (κ1) is 25.9. The third kappa shape index (κ3) is 6.79. The van der Waals surface area contributed by atoms with Gasteiger partial charge in [-0.2, -0.15) is 0 Å². The van der Waals surface area contributed by atoms with Crippen molar-refractivity contribution in [3.63, 3.8) is 0 Å². The Kier molecular flexibility index (Phi) is 8.44. The fourth-order valence-corrected chi connectivity index (χ4v) is 4.52. The van der Waals surface area contributed by atoms with Gasteiger partial charge in [0, 0.05) is 37.0 Å². The maximum atomic E-state index is 12.9. The summed E-state index contributed by atoms with van der Waals surface area (Å²) in [6.45, 7) is 1.78. The molecular formula is C33H32N4O2. The number of amides is 1. The van der Waals surface area contributed by atoms with Crippen LogP contribution < -0.4 is 15.0 Å². The number of aromatic nitrogens is 2. The number of ether oxygens (including phenoxy) is 1. The lowest BCUT2D eigenvalue weighted by Gasteiger charge is -2.25. The third-order valence-electron chi connectivity index (χ3n) is 6.69. The van der Waals surface area contributed by atoms with E-state index in [1.807, 2.05) is 84.9 Å². The quantitative estimate of drug-likeness (QED) is 0.231. The minimum atomic E-state index is 0.0114. The minimum absolute atomic E-state index is 0.0114. The number of methoxy groups -OCH3 is 1. The highest BCUT2D eigenvalue weighted by Gasteiger charge is 2.17. The number of hydrogen-bond acceptors (Lipinski definition) is 5. The molecule has 5 aromatic rings. The van der Waals surface area contributed by atoms with Crippen LogP contribution in [0.2, 0.25) is 0 Å². The van der Waals surface area contributed by atoms with Gasteiger partial charge in [-0.15, -0.1) is 0 Å². The summed E-state index contributed by atoms with van der Waals surface area (Å²) in [5.41, 5.74) is 4.10. The van der Waals surface area contributed by atoms with Crippen molar-refractivity contribution in [2.45, 2.75) is 19.4 Å².